The Bertz CT molecular complexity index is 713. The summed E-state index contributed by atoms with van der Waals surface area (Å²) in [6.45, 7) is 1.93. The summed E-state index contributed by atoms with van der Waals surface area (Å²) < 4.78 is 10.0. The summed E-state index contributed by atoms with van der Waals surface area (Å²) in [7, 11) is 0. The van der Waals surface area contributed by atoms with Crippen molar-refractivity contribution in [2.45, 2.75) is 13.3 Å². The molecule has 0 aliphatic carbocycles. The molecule has 0 radical (unpaired) electrons. The van der Waals surface area contributed by atoms with Crippen LogP contribution in [0.25, 0.3) is 0 Å². The Kier molecular flexibility index (Phi) is 7.42. The quantitative estimate of drug-likeness (QED) is 0.663. The van der Waals surface area contributed by atoms with E-state index in [2.05, 4.69) is 10.6 Å². The van der Waals surface area contributed by atoms with E-state index in [4.69, 9.17) is 9.15 Å². The first-order valence-electron chi connectivity index (χ1n) is 8.39. The van der Waals surface area contributed by atoms with E-state index in [-0.39, 0.29) is 31.4 Å². The van der Waals surface area contributed by atoms with E-state index in [0.29, 0.717) is 6.42 Å². The van der Waals surface area contributed by atoms with Gasteiger partial charge in [-0.25, -0.2) is 0 Å². The molecule has 1 aromatic heterocycles. The summed E-state index contributed by atoms with van der Waals surface area (Å²) in [5.41, 5.74) is 0.978. The van der Waals surface area contributed by atoms with E-state index < -0.39 is 17.7 Å². The van der Waals surface area contributed by atoms with E-state index in [1.54, 1.807) is 13.0 Å². The number of ether oxygens (including phenoxy) is 1. The second-order valence-corrected chi connectivity index (χ2v) is 5.60. The monoisotopic (exact) mass is 358 g/mol. The van der Waals surface area contributed by atoms with Crippen LogP contribution in [0.15, 0.2) is 53.1 Å². The first kappa shape index (κ1) is 19.2. The van der Waals surface area contributed by atoms with Crippen molar-refractivity contribution in [1.29, 1.82) is 0 Å². The van der Waals surface area contributed by atoms with Crippen molar-refractivity contribution in [2.24, 2.45) is 5.92 Å². The molecule has 0 aliphatic heterocycles. The van der Waals surface area contributed by atoms with Crippen LogP contribution < -0.4 is 10.6 Å². The second-order valence-electron chi connectivity index (χ2n) is 5.60. The van der Waals surface area contributed by atoms with E-state index in [1.807, 2.05) is 30.3 Å². The lowest BCUT2D eigenvalue weighted by molar-refractivity contribution is -0.147. The molecule has 0 aliphatic rings. The minimum atomic E-state index is -0.498. The van der Waals surface area contributed by atoms with Crippen LogP contribution >= 0.6 is 0 Å². The summed E-state index contributed by atoms with van der Waals surface area (Å²) in [5, 5.41) is 5.11. The summed E-state index contributed by atoms with van der Waals surface area (Å²) in [5.74, 6) is -1.60. The smallest absolute Gasteiger partial charge is 0.311 e. The number of hydrogen-bond donors (Lipinski definition) is 2. The Morgan fingerprint density at radius 1 is 1.08 bits per heavy atom. The molecule has 0 spiro atoms. The van der Waals surface area contributed by atoms with Gasteiger partial charge in [0, 0.05) is 6.54 Å². The predicted molar refractivity (Wildman–Crippen MR) is 94.3 cm³/mol. The van der Waals surface area contributed by atoms with Crippen molar-refractivity contribution < 1.29 is 23.5 Å². The molecule has 0 saturated carbocycles. The molecule has 0 unspecified atom stereocenters. The molecular formula is C19H22N2O5. The van der Waals surface area contributed by atoms with Crippen molar-refractivity contribution in [3.8, 4) is 0 Å². The zero-order valence-electron chi connectivity index (χ0n) is 14.6. The lowest BCUT2D eigenvalue weighted by Crippen LogP contribution is -2.41. The van der Waals surface area contributed by atoms with Crippen molar-refractivity contribution in [3.05, 3.63) is 60.1 Å². The molecule has 138 valence electrons. The number of furan rings is 1. The first-order chi connectivity index (χ1) is 12.6. The van der Waals surface area contributed by atoms with Gasteiger partial charge in [0.05, 0.1) is 25.3 Å². The maximum atomic E-state index is 12.1. The number of esters is 1. The highest BCUT2D eigenvalue weighted by atomic mass is 16.5. The van der Waals surface area contributed by atoms with Crippen LogP contribution in [0.4, 0.5) is 0 Å². The predicted octanol–water partition coefficient (Wildman–Crippen LogP) is 1.55. The molecule has 2 aromatic rings. The van der Waals surface area contributed by atoms with Crippen LogP contribution in [-0.2, 0) is 20.7 Å². The fourth-order valence-electron chi connectivity index (χ4n) is 2.35. The Balaban J connectivity index is 1.84. The average molecular weight is 358 g/mol. The zero-order chi connectivity index (χ0) is 18.8. The van der Waals surface area contributed by atoms with Gasteiger partial charge in [-0.1, -0.05) is 30.3 Å². The third-order valence-electron chi connectivity index (χ3n) is 3.64. The Hall–Kier alpha value is -3.09. The van der Waals surface area contributed by atoms with Crippen molar-refractivity contribution >= 4 is 17.8 Å². The molecule has 1 heterocycles. The molecule has 0 saturated heterocycles. The summed E-state index contributed by atoms with van der Waals surface area (Å²) in [6.07, 6.45) is 1.83. The molecule has 1 aromatic carbocycles. The molecule has 7 nitrogen and oxygen atoms in total. The number of nitrogens with one attached hydrogen (secondary N) is 2. The first-order valence-corrected chi connectivity index (χ1v) is 8.39. The molecule has 2 rings (SSSR count). The van der Waals surface area contributed by atoms with E-state index >= 15 is 0 Å². The van der Waals surface area contributed by atoms with Gasteiger partial charge in [0.15, 0.2) is 5.76 Å². The van der Waals surface area contributed by atoms with Gasteiger partial charge in [0.1, 0.15) is 0 Å². The van der Waals surface area contributed by atoms with Crippen LogP contribution in [-0.4, -0.2) is 37.5 Å². The van der Waals surface area contributed by atoms with Crippen LogP contribution in [0, 0.1) is 5.92 Å². The number of carbonyl (C=O) groups is 3. The van der Waals surface area contributed by atoms with Crippen LogP contribution in [0.5, 0.6) is 0 Å². The highest BCUT2D eigenvalue weighted by molar-refractivity contribution is 5.94. The lowest BCUT2D eigenvalue weighted by Gasteiger charge is -2.16. The third-order valence-corrected chi connectivity index (χ3v) is 3.64. The summed E-state index contributed by atoms with van der Waals surface area (Å²) >= 11 is 0. The number of hydrogen-bond acceptors (Lipinski definition) is 5. The minimum absolute atomic E-state index is 0.128. The Morgan fingerprint density at radius 2 is 1.85 bits per heavy atom. The van der Waals surface area contributed by atoms with Crippen LogP contribution in [0.3, 0.4) is 0 Å². The number of benzene rings is 1. The largest absolute Gasteiger partial charge is 0.466 e. The fourth-order valence-corrected chi connectivity index (χ4v) is 2.35. The number of rotatable bonds is 9. The van der Waals surface area contributed by atoms with Gasteiger partial charge in [-0.3, -0.25) is 14.4 Å². The van der Waals surface area contributed by atoms with Gasteiger partial charge in [0.2, 0.25) is 5.91 Å². The third kappa shape index (κ3) is 6.08. The normalized spacial score (nSPS) is 11.4. The van der Waals surface area contributed by atoms with Gasteiger partial charge in [0.25, 0.3) is 5.91 Å². The van der Waals surface area contributed by atoms with Crippen LogP contribution in [0.2, 0.25) is 0 Å². The van der Waals surface area contributed by atoms with Crippen LogP contribution in [0.1, 0.15) is 23.0 Å². The molecule has 2 N–H and O–H groups in total. The summed E-state index contributed by atoms with van der Waals surface area (Å²) in [4.78, 5) is 35.8. The average Bonchev–Trinajstić information content (AvgIpc) is 3.19. The van der Waals surface area contributed by atoms with Crippen molar-refractivity contribution in [2.75, 3.05) is 19.7 Å². The molecule has 0 fully saturated rings. The Morgan fingerprint density at radius 3 is 2.50 bits per heavy atom. The van der Waals surface area contributed by atoms with Crippen molar-refractivity contribution in [1.82, 2.24) is 10.6 Å². The van der Waals surface area contributed by atoms with Gasteiger partial charge >= 0.3 is 5.97 Å². The second kappa shape index (κ2) is 10.0. The minimum Gasteiger partial charge on any atom is -0.466 e. The number of amides is 2. The fraction of sp³-hybridized carbons (Fsp3) is 0.316. The molecule has 0 bridgehead atoms. The lowest BCUT2D eigenvalue weighted by atomic mass is 9.99. The maximum Gasteiger partial charge on any atom is 0.311 e. The highest BCUT2D eigenvalue weighted by Gasteiger charge is 2.21. The standard InChI is InChI=1S/C19H22N2O5/c1-2-25-19(24)15(11-14-7-4-3-5-8-14)12-20-17(22)13-21-18(23)16-9-6-10-26-16/h3-10,15H,2,11-13H2,1H3,(H,20,22)(H,21,23)/t15-/m1/s1. The number of carbonyl (C=O) groups excluding carboxylic acids is 3. The topological polar surface area (TPSA) is 97.6 Å². The van der Waals surface area contributed by atoms with Crippen molar-refractivity contribution in [3.63, 3.8) is 0 Å². The summed E-state index contributed by atoms with van der Waals surface area (Å²) in [6, 6.07) is 12.6. The van der Waals surface area contributed by atoms with E-state index in [1.165, 1.54) is 12.3 Å². The molecular weight excluding hydrogens is 336 g/mol. The molecule has 7 heteroatoms. The van der Waals surface area contributed by atoms with E-state index in [0.717, 1.165) is 5.56 Å². The Labute approximate surface area is 151 Å². The van der Waals surface area contributed by atoms with Gasteiger partial charge < -0.3 is 19.8 Å². The molecule has 26 heavy (non-hydrogen) atoms. The SMILES string of the molecule is CCOC(=O)[C@@H](CNC(=O)CNC(=O)c1ccco1)Cc1ccccc1. The maximum absolute atomic E-state index is 12.1. The van der Waals surface area contributed by atoms with Gasteiger partial charge in [-0.05, 0) is 31.0 Å². The highest BCUT2D eigenvalue weighted by Crippen LogP contribution is 2.10. The molecule has 1 atom stereocenters. The molecule has 2 amide bonds. The zero-order valence-corrected chi connectivity index (χ0v) is 14.6. The van der Waals surface area contributed by atoms with E-state index in [9.17, 15) is 14.4 Å². The van der Waals surface area contributed by atoms with Gasteiger partial charge in [-0.15, -0.1) is 0 Å². The van der Waals surface area contributed by atoms with Gasteiger partial charge in [-0.2, -0.15) is 0 Å².